The fraction of sp³-hybridized carbons (Fsp3) is 0.562. The Bertz CT molecular complexity index is 479. The average molecular weight is 275 g/mol. The SMILES string of the molecule is CN(C)c1ccc(N)cc1C(=O)N(C)C1CCCCC1. The van der Waals surface area contributed by atoms with Crippen molar-refractivity contribution in [2.75, 3.05) is 31.8 Å². The topological polar surface area (TPSA) is 49.6 Å². The van der Waals surface area contributed by atoms with Crippen molar-refractivity contribution in [1.82, 2.24) is 4.90 Å². The highest BCUT2D eigenvalue weighted by Crippen LogP contribution is 2.27. The summed E-state index contributed by atoms with van der Waals surface area (Å²) in [6.45, 7) is 0. The van der Waals surface area contributed by atoms with Crippen LogP contribution in [0.25, 0.3) is 0 Å². The minimum Gasteiger partial charge on any atom is -0.399 e. The van der Waals surface area contributed by atoms with Gasteiger partial charge >= 0.3 is 0 Å². The van der Waals surface area contributed by atoms with Crippen LogP contribution in [0, 0.1) is 0 Å². The molecule has 2 N–H and O–H groups in total. The molecule has 1 aliphatic carbocycles. The smallest absolute Gasteiger partial charge is 0.256 e. The van der Waals surface area contributed by atoms with Crippen LogP contribution in [0.15, 0.2) is 18.2 Å². The molecule has 1 amide bonds. The van der Waals surface area contributed by atoms with Gasteiger partial charge in [-0.2, -0.15) is 0 Å². The molecule has 0 aliphatic heterocycles. The van der Waals surface area contributed by atoms with Gasteiger partial charge in [-0.25, -0.2) is 0 Å². The Morgan fingerprint density at radius 1 is 1.15 bits per heavy atom. The summed E-state index contributed by atoms with van der Waals surface area (Å²) in [5, 5.41) is 0. The summed E-state index contributed by atoms with van der Waals surface area (Å²) in [7, 11) is 5.81. The molecule has 0 bridgehead atoms. The van der Waals surface area contributed by atoms with E-state index in [0.717, 1.165) is 18.5 Å². The maximum atomic E-state index is 12.8. The lowest BCUT2D eigenvalue weighted by Gasteiger charge is -2.32. The quantitative estimate of drug-likeness (QED) is 0.863. The lowest BCUT2D eigenvalue weighted by molar-refractivity contribution is 0.0697. The second kappa shape index (κ2) is 6.16. The van der Waals surface area contributed by atoms with Gasteiger partial charge in [0.25, 0.3) is 5.91 Å². The van der Waals surface area contributed by atoms with Crippen molar-refractivity contribution >= 4 is 17.3 Å². The maximum absolute atomic E-state index is 12.8. The van der Waals surface area contributed by atoms with Crippen molar-refractivity contribution in [3.8, 4) is 0 Å². The van der Waals surface area contributed by atoms with Crippen molar-refractivity contribution in [3.63, 3.8) is 0 Å². The summed E-state index contributed by atoms with van der Waals surface area (Å²) in [5.41, 5.74) is 8.11. The van der Waals surface area contributed by atoms with Gasteiger partial charge in [-0.3, -0.25) is 4.79 Å². The molecule has 0 heterocycles. The Morgan fingerprint density at radius 2 is 1.80 bits per heavy atom. The number of nitrogens with zero attached hydrogens (tertiary/aromatic N) is 2. The molecule has 1 saturated carbocycles. The van der Waals surface area contributed by atoms with E-state index in [4.69, 9.17) is 5.73 Å². The van der Waals surface area contributed by atoms with Gasteiger partial charge in [-0.05, 0) is 31.0 Å². The molecule has 20 heavy (non-hydrogen) atoms. The number of carbonyl (C=O) groups is 1. The highest BCUT2D eigenvalue weighted by Gasteiger charge is 2.25. The van der Waals surface area contributed by atoms with Crippen molar-refractivity contribution in [2.24, 2.45) is 0 Å². The van der Waals surface area contributed by atoms with Crippen molar-refractivity contribution in [2.45, 2.75) is 38.1 Å². The lowest BCUT2D eigenvalue weighted by atomic mass is 9.94. The van der Waals surface area contributed by atoms with Gasteiger partial charge in [0.1, 0.15) is 0 Å². The normalized spacial score (nSPS) is 15.9. The zero-order valence-electron chi connectivity index (χ0n) is 12.7. The van der Waals surface area contributed by atoms with Crippen LogP contribution in [-0.4, -0.2) is 38.0 Å². The number of nitrogens with two attached hydrogens (primary N) is 1. The highest BCUT2D eigenvalue weighted by molar-refractivity contribution is 6.00. The third-order valence-electron chi connectivity index (χ3n) is 4.18. The van der Waals surface area contributed by atoms with E-state index in [-0.39, 0.29) is 5.91 Å². The molecule has 4 nitrogen and oxygen atoms in total. The van der Waals surface area contributed by atoms with E-state index < -0.39 is 0 Å². The molecule has 0 unspecified atom stereocenters. The number of amides is 1. The molecule has 1 aromatic carbocycles. The van der Waals surface area contributed by atoms with E-state index in [1.54, 1.807) is 6.07 Å². The molecule has 2 rings (SSSR count). The summed E-state index contributed by atoms with van der Waals surface area (Å²) in [6.07, 6.45) is 5.96. The second-order valence-electron chi connectivity index (χ2n) is 5.88. The van der Waals surface area contributed by atoms with Crippen LogP contribution in [-0.2, 0) is 0 Å². The second-order valence-corrected chi connectivity index (χ2v) is 5.88. The predicted octanol–water partition coefficient (Wildman–Crippen LogP) is 2.74. The fourth-order valence-corrected chi connectivity index (χ4v) is 2.94. The molecule has 1 aromatic rings. The van der Waals surface area contributed by atoms with Crippen LogP contribution in [0.3, 0.4) is 0 Å². The van der Waals surface area contributed by atoms with Crippen molar-refractivity contribution in [3.05, 3.63) is 23.8 Å². The number of hydrogen-bond acceptors (Lipinski definition) is 3. The molecule has 0 radical (unpaired) electrons. The third kappa shape index (κ3) is 3.06. The number of rotatable bonds is 3. The standard InChI is InChI=1S/C16H25N3O/c1-18(2)15-10-9-12(17)11-14(15)16(20)19(3)13-7-5-4-6-8-13/h9-11,13H,4-8,17H2,1-3H3. The number of anilines is 2. The third-order valence-corrected chi connectivity index (χ3v) is 4.18. The van der Waals surface area contributed by atoms with Gasteiger partial charge in [-0.15, -0.1) is 0 Å². The Kier molecular flexibility index (Phi) is 4.53. The summed E-state index contributed by atoms with van der Waals surface area (Å²) < 4.78 is 0. The Hall–Kier alpha value is -1.71. The maximum Gasteiger partial charge on any atom is 0.256 e. The van der Waals surface area contributed by atoms with Crippen LogP contribution < -0.4 is 10.6 Å². The zero-order chi connectivity index (χ0) is 14.7. The van der Waals surface area contributed by atoms with Gasteiger partial charge in [-0.1, -0.05) is 19.3 Å². The first-order valence-corrected chi connectivity index (χ1v) is 7.34. The van der Waals surface area contributed by atoms with E-state index >= 15 is 0 Å². The van der Waals surface area contributed by atoms with E-state index in [9.17, 15) is 4.79 Å². The number of benzene rings is 1. The first-order chi connectivity index (χ1) is 9.50. The van der Waals surface area contributed by atoms with Crippen LogP contribution in [0.5, 0.6) is 0 Å². The van der Waals surface area contributed by atoms with Gasteiger partial charge in [0, 0.05) is 38.6 Å². The average Bonchev–Trinajstić information content (AvgIpc) is 2.46. The highest BCUT2D eigenvalue weighted by atomic mass is 16.2. The molecule has 0 aromatic heterocycles. The van der Waals surface area contributed by atoms with Crippen LogP contribution in [0.4, 0.5) is 11.4 Å². The molecular weight excluding hydrogens is 250 g/mol. The Labute approximate surface area is 121 Å². The monoisotopic (exact) mass is 275 g/mol. The molecule has 4 heteroatoms. The molecule has 1 aliphatic rings. The molecule has 0 atom stereocenters. The fourth-order valence-electron chi connectivity index (χ4n) is 2.94. The van der Waals surface area contributed by atoms with Gasteiger partial charge in [0.15, 0.2) is 0 Å². The first kappa shape index (κ1) is 14.7. The summed E-state index contributed by atoms with van der Waals surface area (Å²) in [5.74, 6) is 0.0768. The Morgan fingerprint density at radius 3 is 2.40 bits per heavy atom. The number of hydrogen-bond donors (Lipinski definition) is 1. The molecule has 0 spiro atoms. The summed E-state index contributed by atoms with van der Waals surface area (Å²) >= 11 is 0. The largest absolute Gasteiger partial charge is 0.399 e. The van der Waals surface area contributed by atoms with E-state index in [2.05, 4.69) is 0 Å². The van der Waals surface area contributed by atoms with E-state index in [1.165, 1.54) is 19.3 Å². The van der Waals surface area contributed by atoms with E-state index in [1.807, 2.05) is 43.1 Å². The van der Waals surface area contributed by atoms with Crippen LogP contribution in [0.1, 0.15) is 42.5 Å². The minimum absolute atomic E-state index is 0.0768. The van der Waals surface area contributed by atoms with Crippen LogP contribution in [0.2, 0.25) is 0 Å². The van der Waals surface area contributed by atoms with Gasteiger partial charge in [0.05, 0.1) is 5.56 Å². The lowest BCUT2D eigenvalue weighted by Crippen LogP contribution is -2.38. The predicted molar refractivity (Wildman–Crippen MR) is 84.1 cm³/mol. The Balaban J connectivity index is 2.25. The molecular formula is C16H25N3O. The van der Waals surface area contributed by atoms with E-state index in [0.29, 0.717) is 17.3 Å². The van der Waals surface area contributed by atoms with Crippen molar-refractivity contribution in [1.29, 1.82) is 0 Å². The van der Waals surface area contributed by atoms with Crippen molar-refractivity contribution < 1.29 is 4.79 Å². The van der Waals surface area contributed by atoms with Crippen LogP contribution >= 0.6 is 0 Å². The first-order valence-electron chi connectivity index (χ1n) is 7.34. The number of nitrogen functional groups attached to an aromatic ring is 1. The minimum atomic E-state index is 0.0768. The molecule has 110 valence electrons. The number of carbonyl (C=O) groups excluding carboxylic acids is 1. The molecule has 1 fully saturated rings. The zero-order valence-corrected chi connectivity index (χ0v) is 12.7. The summed E-state index contributed by atoms with van der Waals surface area (Å²) in [6, 6.07) is 5.91. The molecule has 0 saturated heterocycles. The van der Waals surface area contributed by atoms with Gasteiger partial charge < -0.3 is 15.5 Å². The van der Waals surface area contributed by atoms with Gasteiger partial charge in [0.2, 0.25) is 0 Å². The summed E-state index contributed by atoms with van der Waals surface area (Å²) in [4.78, 5) is 16.6.